The number of halogens is 1. The molecule has 8 heteroatoms. The zero-order valence-corrected chi connectivity index (χ0v) is 14.9. The first-order valence-electron chi connectivity index (χ1n) is 8.48. The van der Waals surface area contributed by atoms with Crippen molar-refractivity contribution in [2.75, 3.05) is 19.7 Å². The van der Waals surface area contributed by atoms with Crippen LogP contribution in [0.25, 0.3) is 0 Å². The molecular weight excluding hydrogens is 353 g/mol. The number of hydrogen-bond donors (Lipinski definition) is 1. The van der Waals surface area contributed by atoms with Crippen LogP contribution in [0.15, 0.2) is 47.4 Å². The average Bonchev–Trinajstić information content (AvgIpc) is 2.64. The lowest BCUT2D eigenvalue weighted by atomic mass is 10.0. The van der Waals surface area contributed by atoms with Gasteiger partial charge in [0.2, 0.25) is 0 Å². The molecule has 2 amide bonds. The molecule has 0 aliphatic carbocycles. The molecule has 2 N–H and O–H groups in total. The molecule has 0 radical (unpaired) electrons. The van der Waals surface area contributed by atoms with Gasteiger partial charge in [-0.2, -0.15) is 0 Å². The minimum atomic E-state index is -1.30. The third kappa shape index (κ3) is 3.75. The molecule has 0 saturated carbocycles. The van der Waals surface area contributed by atoms with E-state index in [1.54, 1.807) is 24.3 Å². The Hall–Kier alpha value is -3.00. The highest BCUT2D eigenvalue weighted by Gasteiger charge is 2.39. The standard InChI is InChI=1S/C19H20FN3O4/c1-19(18(21)26)12-23(9-10-27-19)17(25)14-6-4-8-22(16(14)24)11-13-5-2-3-7-15(13)20/h2-8H,9-12H2,1H3,(H2,21,26). The predicted octanol–water partition coefficient (Wildman–Crippen LogP) is 0.752. The van der Waals surface area contributed by atoms with Gasteiger partial charge in [-0.25, -0.2) is 4.39 Å². The normalized spacial score (nSPS) is 19.7. The van der Waals surface area contributed by atoms with Crippen molar-refractivity contribution in [2.24, 2.45) is 5.73 Å². The topological polar surface area (TPSA) is 94.6 Å². The van der Waals surface area contributed by atoms with Gasteiger partial charge in [0.1, 0.15) is 11.4 Å². The van der Waals surface area contributed by atoms with Crippen LogP contribution in [0, 0.1) is 5.82 Å². The number of hydrogen-bond acceptors (Lipinski definition) is 4. The number of carbonyl (C=O) groups is 2. The van der Waals surface area contributed by atoms with Crippen LogP contribution in [-0.4, -0.2) is 46.6 Å². The second kappa shape index (κ2) is 7.32. The number of rotatable bonds is 4. The highest BCUT2D eigenvalue weighted by atomic mass is 19.1. The maximum absolute atomic E-state index is 13.9. The monoisotopic (exact) mass is 373 g/mol. The van der Waals surface area contributed by atoms with Crippen LogP contribution in [0.3, 0.4) is 0 Å². The molecule has 1 aliphatic heterocycles. The van der Waals surface area contributed by atoms with Gasteiger partial charge in [0, 0.05) is 18.3 Å². The number of nitrogens with two attached hydrogens (primary N) is 1. The Labute approximate surface area is 155 Å². The molecule has 1 aliphatic rings. The first-order valence-corrected chi connectivity index (χ1v) is 8.48. The summed E-state index contributed by atoms with van der Waals surface area (Å²) in [5.74, 6) is -1.62. The third-order valence-corrected chi connectivity index (χ3v) is 4.63. The summed E-state index contributed by atoms with van der Waals surface area (Å²) in [5.41, 5.74) is 3.82. The van der Waals surface area contributed by atoms with E-state index in [0.717, 1.165) is 0 Å². The fourth-order valence-electron chi connectivity index (χ4n) is 3.00. The number of primary amides is 1. The van der Waals surface area contributed by atoms with Crippen molar-refractivity contribution >= 4 is 11.8 Å². The number of amides is 2. The first-order chi connectivity index (χ1) is 12.8. The Kier molecular flexibility index (Phi) is 5.09. The zero-order valence-electron chi connectivity index (χ0n) is 14.9. The summed E-state index contributed by atoms with van der Waals surface area (Å²) in [6.45, 7) is 1.86. The van der Waals surface area contributed by atoms with Crippen LogP contribution < -0.4 is 11.3 Å². The average molecular weight is 373 g/mol. The van der Waals surface area contributed by atoms with Crippen LogP contribution in [0.5, 0.6) is 0 Å². The molecule has 1 aromatic heterocycles. The first kappa shape index (κ1) is 18.8. The molecule has 2 aromatic rings. The van der Waals surface area contributed by atoms with Gasteiger partial charge < -0.3 is 19.9 Å². The highest BCUT2D eigenvalue weighted by molar-refractivity contribution is 5.94. The van der Waals surface area contributed by atoms with Gasteiger partial charge in [-0.15, -0.1) is 0 Å². The van der Waals surface area contributed by atoms with Crippen molar-refractivity contribution in [3.05, 3.63) is 69.9 Å². The number of nitrogens with zero attached hydrogens (tertiary/aromatic N) is 2. The minimum Gasteiger partial charge on any atom is -0.367 e. The lowest BCUT2D eigenvalue weighted by Gasteiger charge is -2.38. The SMILES string of the molecule is CC1(C(N)=O)CN(C(=O)c2cccn(Cc3ccccc3F)c2=O)CCO1. The van der Waals surface area contributed by atoms with Crippen molar-refractivity contribution in [2.45, 2.75) is 19.1 Å². The van der Waals surface area contributed by atoms with Crippen LogP contribution in [0.1, 0.15) is 22.8 Å². The second-order valence-corrected chi connectivity index (χ2v) is 6.62. The summed E-state index contributed by atoms with van der Waals surface area (Å²) >= 11 is 0. The van der Waals surface area contributed by atoms with E-state index in [0.29, 0.717) is 5.56 Å². The van der Waals surface area contributed by atoms with Crippen LogP contribution >= 0.6 is 0 Å². The summed E-state index contributed by atoms with van der Waals surface area (Å²) in [4.78, 5) is 38.5. The molecule has 0 bridgehead atoms. The van der Waals surface area contributed by atoms with E-state index in [-0.39, 0.29) is 31.8 Å². The number of carbonyl (C=O) groups excluding carboxylic acids is 2. The maximum atomic E-state index is 13.9. The molecule has 0 spiro atoms. The zero-order chi connectivity index (χ0) is 19.6. The Morgan fingerprint density at radius 2 is 2.00 bits per heavy atom. The molecule has 3 rings (SSSR count). The molecule has 1 fully saturated rings. The lowest BCUT2D eigenvalue weighted by Crippen LogP contribution is -2.58. The van der Waals surface area contributed by atoms with Crippen molar-refractivity contribution < 1.29 is 18.7 Å². The number of morpholine rings is 1. The van der Waals surface area contributed by atoms with Crippen LogP contribution in [0.4, 0.5) is 4.39 Å². The van der Waals surface area contributed by atoms with Crippen molar-refractivity contribution in [3.8, 4) is 0 Å². The molecule has 1 unspecified atom stereocenters. The van der Waals surface area contributed by atoms with E-state index in [2.05, 4.69) is 0 Å². The predicted molar refractivity (Wildman–Crippen MR) is 95.7 cm³/mol. The van der Waals surface area contributed by atoms with Gasteiger partial charge in [0.15, 0.2) is 5.60 Å². The summed E-state index contributed by atoms with van der Waals surface area (Å²) in [6.07, 6.45) is 1.50. The molecule has 27 heavy (non-hydrogen) atoms. The van der Waals surface area contributed by atoms with E-state index in [4.69, 9.17) is 10.5 Å². The Morgan fingerprint density at radius 1 is 1.26 bits per heavy atom. The van der Waals surface area contributed by atoms with Gasteiger partial charge in [-0.1, -0.05) is 18.2 Å². The maximum Gasteiger partial charge on any atom is 0.263 e. The smallest absolute Gasteiger partial charge is 0.263 e. The van der Waals surface area contributed by atoms with Gasteiger partial charge in [-0.05, 0) is 25.1 Å². The quantitative estimate of drug-likeness (QED) is 0.856. The van der Waals surface area contributed by atoms with Crippen molar-refractivity contribution in [1.82, 2.24) is 9.47 Å². The molecule has 7 nitrogen and oxygen atoms in total. The van der Waals surface area contributed by atoms with Crippen molar-refractivity contribution in [3.63, 3.8) is 0 Å². The van der Waals surface area contributed by atoms with Gasteiger partial charge >= 0.3 is 0 Å². The molecule has 142 valence electrons. The number of ether oxygens (including phenoxy) is 1. The Morgan fingerprint density at radius 3 is 2.70 bits per heavy atom. The largest absolute Gasteiger partial charge is 0.367 e. The molecule has 1 atom stereocenters. The number of aromatic nitrogens is 1. The minimum absolute atomic E-state index is 0.00867. The Balaban J connectivity index is 1.87. The lowest BCUT2D eigenvalue weighted by molar-refractivity contribution is -0.150. The van der Waals surface area contributed by atoms with E-state index in [1.165, 1.54) is 34.7 Å². The molecule has 2 heterocycles. The summed E-state index contributed by atoms with van der Waals surface area (Å²) in [6, 6.07) is 9.11. The third-order valence-electron chi connectivity index (χ3n) is 4.63. The number of benzene rings is 1. The summed E-state index contributed by atoms with van der Waals surface area (Å²) in [5, 5.41) is 0. The van der Waals surface area contributed by atoms with E-state index < -0.39 is 28.8 Å². The van der Waals surface area contributed by atoms with E-state index in [9.17, 15) is 18.8 Å². The summed E-state index contributed by atoms with van der Waals surface area (Å²) in [7, 11) is 0. The second-order valence-electron chi connectivity index (χ2n) is 6.62. The summed E-state index contributed by atoms with van der Waals surface area (Å²) < 4.78 is 20.5. The fourth-order valence-corrected chi connectivity index (χ4v) is 3.00. The fraction of sp³-hybridized carbons (Fsp3) is 0.316. The molecule has 1 saturated heterocycles. The molecular formula is C19H20FN3O4. The molecule has 1 aromatic carbocycles. The van der Waals surface area contributed by atoms with E-state index >= 15 is 0 Å². The highest BCUT2D eigenvalue weighted by Crippen LogP contribution is 2.18. The van der Waals surface area contributed by atoms with Crippen LogP contribution in [-0.2, 0) is 16.1 Å². The van der Waals surface area contributed by atoms with Gasteiger partial charge in [0.05, 0.1) is 19.7 Å². The van der Waals surface area contributed by atoms with Gasteiger partial charge in [0.25, 0.3) is 17.4 Å². The number of pyridine rings is 1. The van der Waals surface area contributed by atoms with Crippen LogP contribution in [0.2, 0.25) is 0 Å². The van der Waals surface area contributed by atoms with Crippen molar-refractivity contribution in [1.29, 1.82) is 0 Å². The van der Waals surface area contributed by atoms with E-state index in [1.807, 2.05) is 0 Å². The Bertz CT molecular complexity index is 943. The van der Waals surface area contributed by atoms with Gasteiger partial charge in [-0.3, -0.25) is 14.4 Å².